The molecule has 0 aromatic heterocycles. The molecule has 0 radical (unpaired) electrons. The highest BCUT2D eigenvalue weighted by molar-refractivity contribution is 9.10. The number of nitrogens with one attached hydrogen (secondary N) is 1. The summed E-state index contributed by atoms with van der Waals surface area (Å²) in [5.41, 5.74) is 0.941. The first-order valence-electron chi connectivity index (χ1n) is 11.3. The minimum atomic E-state index is -1.15. The number of carbonyl (C=O) groups is 3. The van der Waals surface area contributed by atoms with Crippen molar-refractivity contribution in [2.45, 2.75) is 24.4 Å². The molecule has 1 N–H and O–H groups in total. The van der Waals surface area contributed by atoms with Gasteiger partial charge in [0.2, 0.25) is 17.7 Å². The van der Waals surface area contributed by atoms with Gasteiger partial charge in [-0.25, -0.2) is 4.90 Å². The Morgan fingerprint density at radius 1 is 0.939 bits per heavy atom. The molecule has 3 aromatic rings. The van der Waals surface area contributed by atoms with Gasteiger partial charge >= 0.3 is 0 Å². The molecule has 4 heterocycles. The van der Waals surface area contributed by atoms with Gasteiger partial charge in [0, 0.05) is 21.8 Å². The van der Waals surface area contributed by atoms with Crippen LogP contribution in [0.3, 0.4) is 0 Å². The van der Waals surface area contributed by atoms with E-state index in [-0.39, 0.29) is 23.8 Å². The van der Waals surface area contributed by atoms with E-state index in [1.54, 1.807) is 0 Å². The van der Waals surface area contributed by atoms with Crippen LogP contribution in [0.2, 0.25) is 0 Å². The summed E-state index contributed by atoms with van der Waals surface area (Å²) in [5.74, 6) is -1.93. The molecule has 6 nitrogen and oxygen atoms in total. The van der Waals surface area contributed by atoms with Gasteiger partial charge in [0.15, 0.2) is 0 Å². The number of hydrogen-bond acceptors (Lipinski definition) is 4. The largest absolute Gasteiger partial charge is 0.324 e. The zero-order valence-corrected chi connectivity index (χ0v) is 19.2. The SMILES string of the molecule is O=C1[C@@H]2[C@@H]3CCCN3[C@@]3(C(=O)Nc4ccc(Br)cc43)[C@H]2C(=O)N1c1ccc2ccccc2c1. The predicted octanol–water partition coefficient (Wildman–Crippen LogP) is 4.03. The summed E-state index contributed by atoms with van der Waals surface area (Å²) in [6.45, 7) is 0.702. The molecule has 1 spiro atoms. The Bertz CT molecular complexity index is 1400. The molecule has 3 amide bonds. The maximum atomic E-state index is 14.1. The number of imide groups is 1. The van der Waals surface area contributed by atoms with E-state index in [0.717, 1.165) is 39.3 Å². The van der Waals surface area contributed by atoms with Crippen molar-refractivity contribution in [3.05, 3.63) is 70.7 Å². The van der Waals surface area contributed by atoms with Crippen LogP contribution in [0.5, 0.6) is 0 Å². The fraction of sp³-hybridized carbons (Fsp3) is 0.269. The lowest BCUT2D eigenvalue weighted by Crippen LogP contribution is -2.54. The lowest BCUT2D eigenvalue weighted by atomic mass is 9.75. The van der Waals surface area contributed by atoms with Crippen molar-refractivity contribution in [3.63, 3.8) is 0 Å². The zero-order chi connectivity index (χ0) is 22.5. The summed E-state index contributed by atoms with van der Waals surface area (Å²) < 4.78 is 0.847. The molecule has 7 heteroatoms. The van der Waals surface area contributed by atoms with Crippen LogP contribution in [0.4, 0.5) is 11.4 Å². The van der Waals surface area contributed by atoms with E-state index in [4.69, 9.17) is 0 Å². The highest BCUT2D eigenvalue weighted by Crippen LogP contribution is 2.60. The second-order valence-electron chi connectivity index (χ2n) is 9.36. The van der Waals surface area contributed by atoms with Gasteiger partial charge in [0.05, 0.1) is 17.5 Å². The molecule has 0 unspecified atom stereocenters. The van der Waals surface area contributed by atoms with Gasteiger partial charge in [-0.2, -0.15) is 0 Å². The first kappa shape index (κ1) is 19.4. The Balaban J connectivity index is 1.42. The van der Waals surface area contributed by atoms with Crippen LogP contribution in [0, 0.1) is 11.8 Å². The van der Waals surface area contributed by atoms with E-state index in [0.29, 0.717) is 12.2 Å². The third-order valence-corrected chi connectivity index (χ3v) is 8.44. The fourth-order valence-corrected chi connectivity index (χ4v) is 7.11. The number of hydrogen-bond donors (Lipinski definition) is 1. The van der Waals surface area contributed by atoms with Crippen LogP contribution in [-0.4, -0.2) is 35.2 Å². The molecule has 3 aromatic carbocycles. The zero-order valence-electron chi connectivity index (χ0n) is 17.6. The van der Waals surface area contributed by atoms with E-state index in [1.807, 2.05) is 60.7 Å². The third-order valence-electron chi connectivity index (χ3n) is 7.95. The van der Waals surface area contributed by atoms with Gasteiger partial charge < -0.3 is 5.32 Å². The number of anilines is 2. The van der Waals surface area contributed by atoms with Crippen molar-refractivity contribution in [1.29, 1.82) is 0 Å². The lowest BCUT2D eigenvalue weighted by Gasteiger charge is -2.36. The van der Waals surface area contributed by atoms with Crippen molar-refractivity contribution >= 4 is 55.8 Å². The second-order valence-corrected chi connectivity index (χ2v) is 10.3. The number of halogens is 1. The van der Waals surface area contributed by atoms with Gasteiger partial charge in [-0.05, 0) is 60.5 Å². The highest BCUT2D eigenvalue weighted by Gasteiger charge is 2.74. The molecular formula is C26H20BrN3O3. The molecule has 3 saturated heterocycles. The van der Waals surface area contributed by atoms with Crippen molar-refractivity contribution in [3.8, 4) is 0 Å². The topological polar surface area (TPSA) is 69.7 Å². The third kappa shape index (κ3) is 2.29. The number of nitrogens with zero attached hydrogens (tertiary/aromatic N) is 2. The summed E-state index contributed by atoms with van der Waals surface area (Å²) in [6, 6.07) is 19.1. The molecule has 3 fully saturated rings. The molecule has 4 atom stereocenters. The number of rotatable bonds is 1. The quantitative estimate of drug-likeness (QED) is 0.511. The Kier molecular flexibility index (Phi) is 3.84. The summed E-state index contributed by atoms with van der Waals surface area (Å²) in [7, 11) is 0. The second kappa shape index (κ2) is 6.52. The highest BCUT2D eigenvalue weighted by atomic mass is 79.9. The van der Waals surface area contributed by atoms with Gasteiger partial charge in [-0.1, -0.05) is 46.3 Å². The lowest BCUT2D eigenvalue weighted by molar-refractivity contribution is -0.135. The van der Waals surface area contributed by atoms with Crippen molar-refractivity contribution in [2.24, 2.45) is 11.8 Å². The monoisotopic (exact) mass is 501 g/mol. The van der Waals surface area contributed by atoms with Gasteiger partial charge in [0.25, 0.3) is 0 Å². The van der Waals surface area contributed by atoms with Crippen LogP contribution in [-0.2, 0) is 19.9 Å². The maximum absolute atomic E-state index is 14.1. The van der Waals surface area contributed by atoms with Crippen molar-refractivity contribution < 1.29 is 14.4 Å². The molecule has 4 aliphatic rings. The Hall–Kier alpha value is -3.03. The summed E-state index contributed by atoms with van der Waals surface area (Å²) in [6.07, 6.45) is 1.72. The number of fused-ring (bicyclic) bond motifs is 8. The van der Waals surface area contributed by atoms with Gasteiger partial charge in [-0.15, -0.1) is 0 Å². The average molecular weight is 502 g/mol. The van der Waals surface area contributed by atoms with Gasteiger partial charge in [0.1, 0.15) is 5.54 Å². The number of benzene rings is 3. The summed E-state index contributed by atoms with van der Waals surface area (Å²) >= 11 is 3.54. The predicted molar refractivity (Wildman–Crippen MR) is 128 cm³/mol. The Labute approximate surface area is 198 Å². The smallest absolute Gasteiger partial charge is 0.250 e. The van der Waals surface area contributed by atoms with Crippen LogP contribution in [0.25, 0.3) is 10.8 Å². The Morgan fingerprint density at radius 3 is 2.61 bits per heavy atom. The van der Waals surface area contributed by atoms with E-state index in [9.17, 15) is 14.4 Å². The van der Waals surface area contributed by atoms with Crippen LogP contribution in [0.1, 0.15) is 18.4 Å². The molecule has 0 bridgehead atoms. The van der Waals surface area contributed by atoms with Gasteiger partial charge in [-0.3, -0.25) is 19.3 Å². The van der Waals surface area contributed by atoms with E-state index >= 15 is 0 Å². The summed E-state index contributed by atoms with van der Waals surface area (Å²) in [5, 5.41) is 5.03. The van der Waals surface area contributed by atoms with Crippen LogP contribution in [0.15, 0.2) is 65.1 Å². The first-order chi connectivity index (χ1) is 16.0. The minimum absolute atomic E-state index is 0.118. The van der Waals surface area contributed by atoms with Crippen molar-refractivity contribution in [2.75, 3.05) is 16.8 Å². The van der Waals surface area contributed by atoms with Crippen molar-refractivity contribution in [1.82, 2.24) is 4.90 Å². The number of carbonyl (C=O) groups excluding carboxylic acids is 3. The normalized spacial score (nSPS) is 30.3. The van der Waals surface area contributed by atoms with Crippen LogP contribution < -0.4 is 10.2 Å². The maximum Gasteiger partial charge on any atom is 0.250 e. The summed E-state index contributed by atoms with van der Waals surface area (Å²) in [4.78, 5) is 45.0. The first-order valence-corrected chi connectivity index (χ1v) is 12.1. The van der Waals surface area contributed by atoms with E-state index in [2.05, 4.69) is 26.1 Å². The standard InChI is InChI=1S/C26H20BrN3O3/c27-16-8-10-19-18(13-16)26(25(33)28-19)22-21(20-6-3-11-29(20)26)23(31)30(24(22)32)17-9-7-14-4-1-2-5-15(14)12-17/h1-2,4-5,7-10,12-13,20-22H,3,6,11H2,(H,28,33)/t20-,21+,22+,26+/m0/s1. The average Bonchev–Trinajstić information content (AvgIpc) is 3.52. The molecule has 4 aliphatic heterocycles. The minimum Gasteiger partial charge on any atom is -0.324 e. The van der Waals surface area contributed by atoms with E-state index < -0.39 is 17.4 Å². The van der Waals surface area contributed by atoms with Crippen LogP contribution >= 0.6 is 15.9 Å². The molecule has 0 aliphatic carbocycles. The molecule has 0 saturated carbocycles. The number of amides is 3. The molecule has 33 heavy (non-hydrogen) atoms. The Morgan fingerprint density at radius 2 is 1.76 bits per heavy atom. The molecular weight excluding hydrogens is 482 g/mol. The molecule has 164 valence electrons. The fourth-order valence-electron chi connectivity index (χ4n) is 6.75. The van der Waals surface area contributed by atoms with E-state index in [1.165, 1.54) is 4.90 Å². The molecule has 7 rings (SSSR count).